The van der Waals surface area contributed by atoms with Crippen LogP contribution in [0.4, 0.5) is 4.39 Å². The lowest BCUT2D eigenvalue weighted by atomic mass is 10.1. The summed E-state index contributed by atoms with van der Waals surface area (Å²) >= 11 is 0. The lowest BCUT2D eigenvalue weighted by molar-refractivity contribution is 0.288. The minimum absolute atomic E-state index is 0.00240. The van der Waals surface area contributed by atoms with Gasteiger partial charge in [0, 0.05) is 12.7 Å². The van der Waals surface area contributed by atoms with Crippen LogP contribution in [-0.2, 0) is 6.42 Å². The third-order valence-electron chi connectivity index (χ3n) is 1.75. The molecule has 1 rings (SSSR count). The summed E-state index contributed by atoms with van der Waals surface area (Å²) in [6.07, 6.45) is 0.884. The van der Waals surface area contributed by atoms with Crippen molar-refractivity contribution in [3.8, 4) is 11.5 Å². The van der Waals surface area contributed by atoms with E-state index in [1.165, 1.54) is 6.07 Å². The van der Waals surface area contributed by atoms with Gasteiger partial charge in [-0.3, -0.25) is 0 Å². The number of halogens is 1. The number of aliphatic hydroxyl groups excluding tert-OH is 1. The zero-order valence-corrected chi connectivity index (χ0v) is 7.00. The van der Waals surface area contributed by atoms with Crippen molar-refractivity contribution >= 4 is 0 Å². The van der Waals surface area contributed by atoms with Gasteiger partial charge >= 0.3 is 0 Å². The molecular weight excluding hydrogens is 175 g/mol. The second kappa shape index (κ2) is 4.09. The van der Waals surface area contributed by atoms with Crippen molar-refractivity contribution in [2.75, 3.05) is 6.61 Å². The average Bonchev–Trinajstić information content (AvgIpc) is 2.09. The predicted molar refractivity (Wildman–Crippen MR) is 45.1 cm³/mol. The van der Waals surface area contributed by atoms with Crippen LogP contribution in [0.2, 0.25) is 0 Å². The monoisotopic (exact) mass is 186 g/mol. The molecule has 1 aromatic carbocycles. The van der Waals surface area contributed by atoms with E-state index in [0.29, 0.717) is 18.4 Å². The van der Waals surface area contributed by atoms with Crippen LogP contribution in [0.3, 0.4) is 0 Å². The summed E-state index contributed by atoms with van der Waals surface area (Å²) in [4.78, 5) is 0. The first-order valence-electron chi connectivity index (χ1n) is 3.96. The molecule has 3 nitrogen and oxygen atoms in total. The van der Waals surface area contributed by atoms with Gasteiger partial charge in [0.15, 0.2) is 11.6 Å². The quantitative estimate of drug-likeness (QED) is 0.621. The second-order valence-corrected chi connectivity index (χ2v) is 2.76. The number of aromatic hydroxyl groups is 2. The fourth-order valence-electron chi connectivity index (χ4n) is 1.06. The molecule has 0 spiro atoms. The van der Waals surface area contributed by atoms with E-state index >= 15 is 0 Å². The third kappa shape index (κ3) is 2.32. The van der Waals surface area contributed by atoms with Crippen molar-refractivity contribution in [1.82, 2.24) is 0 Å². The molecule has 13 heavy (non-hydrogen) atoms. The first kappa shape index (κ1) is 9.80. The highest BCUT2D eigenvalue weighted by molar-refractivity contribution is 5.39. The van der Waals surface area contributed by atoms with Crippen LogP contribution in [0.1, 0.15) is 12.0 Å². The van der Waals surface area contributed by atoms with Crippen LogP contribution < -0.4 is 0 Å². The van der Waals surface area contributed by atoms with Gasteiger partial charge in [0.25, 0.3) is 0 Å². The number of aryl methyl sites for hydroxylation is 1. The fraction of sp³-hybridized carbons (Fsp3) is 0.333. The molecular formula is C9H11FO3. The van der Waals surface area contributed by atoms with Gasteiger partial charge < -0.3 is 15.3 Å². The molecule has 0 unspecified atom stereocenters. The molecule has 72 valence electrons. The molecule has 0 heterocycles. The number of phenols is 2. The summed E-state index contributed by atoms with van der Waals surface area (Å²) in [5.74, 6) is -1.51. The predicted octanol–water partition coefficient (Wildman–Crippen LogP) is 1.16. The minimum atomic E-state index is -0.842. The van der Waals surface area contributed by atoms with Crippen LogP contribution in [0.5, 0.6) is 11.5 Å². The van der Waals surface area contributed by atoms with E-state index in [1.807, 2.05) is 0 Å². The van der Waals surface area contributed by atoms with Gasteiger partial charge in [-0.05, 0) is 24.5 Å². The van der Waals surface area contributed by atoms with Gasteiger partial charge in [0.2, 0.25) is 0 Å². The Morgan fingerprint density at radius 1 is 1.15 bits per heavy atom. The summed E-state index contributed by atoms with van der Waals surface area (Å²) in [6.45, 7) is -0.00240. The Balaban J connectivity index is 2.88. The second-order valence-electron chi connectivity index (χ2n) is 2.76. The van der Waals surface area contributed by atoms with Crippen molar-refractivity contribution in [2.45, 2.75) is 12.8 Å². The topological polar surface area (TPSA) is 60.7 Å². The van der Waals surface area contributed by atoms with Gasteiger partial charge in [-0.15, -0.1) is 0 Å². The maximum atomic E-state index is 12.6. The van der Waals surface area contributed by atoms with Crippen molar-refractivity contribution in [2.24, 2.45) is 0 Å². The molecule has 0 aliphatic heterocycles. The standard InChI is InChI=1S/C9H11FO3/c10-7-5-8(12)6(2-1-3-11)4-9(7)13/h4-5,11-13H,1-3H2. The number of phenolic OH excluding ortho intramolecular Hbond substituents is 2. The van der Waals surface area contributed by atoms with E-state index in [2.05, 4.69) is 0 Å². The van der Waals surface area contributed by atoms with Crippen molar-refractivity contribution in [1.29, 1.82) is 0 Å². The number of hydrogen-bond donors (Lipinski definition) is 3. The molecule has 1 aromatic rings. The number of benzene rings is 1. The maximum Gasteiger partial charge on any atom is 0.168 e. The summed E-state index contributed by atoms with van der Waals surface area (Å²) in [6, 6.07) is 2.03. The van der Waals surface area contributed by atoms with Gasteiger partial charge in [-0.2, -0.15) is 0 Å². The smallest absolute Gasteiger partial charge is 0.168 e. The van der Waals surface area contributed by atoms with E-state index in [9.17, 15) is 9.50 Å². The normalized spacial score (nSPS) is 10.3. The Labute approximate surface area is 75.1 Å². The Morgan fingerprint density at radius 3 is 2.46 bits per heavy atom. The van der Waals surface area contributed by atoms with Crippen LogP contribution in [0, 0.1) is 5.82 Å². The third-order valence-corrected chi connectivity index (χ3v) is 1.75. The highest BCUT2D eigenvalue weighted by Gasteiger charge is 2.07. The first-order valence-corrected chi connectivity index (χ1v) is 3.96. The van der Waals surface area contributed by atoms with Crippen LogP contribution in [-0.4, -0.2) is 21.9 Å². The van der Waals surface area contributed by atoms with E-state index in [0.717, 1.165) is 6.07 Å². The SMILES string of the molecule is OCCCc1cc(O)c(F)cc1O. The van der Waals surface area contributed by atoms with E-state index < -0.39 is 11.6 Å². The van der Waals surface area contributed by atoms with Crippen LogP contribution in [0.15, 0.2) is 12.1 Å². The zero-order valence-electron chi connectivity index (χ0n) is 7.00. The number of rotatable bonds is 3. The first-order chi connectivity index (χ1) is 6.15. The van der Waals surface area contributed by atoms with E-state index in [-0.39, 0.29) is 12.4 Å². The van der Waals surface area contributed by atoms with Crippen LogP contribution >= 0.6 is 0 Å². The lowest BCUT2D eigenvalue weighted by Crippen LogP contribution is -1.91. The number of hydrogen-bond acceptors (Lipinski definition) is 3. The summed E-state index contributed by atoms with van der Waals surface area (Å²) in [7, 11) is 0. The molecule has 0 atom stereocenters. The Kier molecular flexibility index (Phi) is 3.08. The van der Waals surface area contributed by atoms with E-state index in [1.54, 1.807) is 0 Å². The van der Waals surface area contributed by atoms with E-state index in [4.69, 9.17) is 10.2 Å². The highest BCUT2D eigenvalue weighted by Crippen LogP contribution is 2.26. The Morgan fingerprint density at radius 2 is 1.85 bits per heavy atom. The van der Waals surface area contributed by atoms with Crippen molar-refractivity contribution < 1.29 is 19.7 Å². The minimum Gasteiger partial charge on any atom is -0.508 e. The van der Waals surface area contributed by atoms with Crippen molar-refractivity contribution in [3.63, 3.8) is 0 Å². The number of aliphatic hydroxyl groups is 1. The average molecular weight is 186 g/mol. The molecule has 4 heteroatoms. The maximum absolute atomic E-state index is 12.6. The van der Waals surface area contributed by atoms with Crippen molar-refractivity contribution in [3.05, 3.63) is 23.5 Å². The molecule has 0 saturated carbocycles. The molecule has 0 amide bonds. The fourth-order valence-corrected chi connectivity index (χ4v) is 1.06. The van der Waals surface area contributed by atoms with Gasteiger partial charge in [-0.25, -0.2) is 4.39 Å². The Hall–Kier alpha value is -1.29. The van der Waals surface area contributed by atoms with Gasteiger partial charge in [-0.1, -0.05) is 0 Å². The summed E-state index contributed by atoms with van der Waals surface area (Å²) in [5.41, 5.74) is 0.438. The van der Waals surface area contributed by atoms with Gasteiger partial charge in [0.1, 0.15) is 5.75 Å². The molecule has 0 aliphatic carbocycles. The molecule has 0 radical (unpaired) electrons. The molecule has 0 fully saturated rings. The molecule has 0 bridgehead atoms. The van der Waals surface area contributed by atoms with Gasteiger partial charge in [0.05, 0.1) is 0 Å². The zero-order chi connectivity index (χ0) is 9.84. The lowest BCUT2D eigenvalue weighted by Gasteiger charge is -2.04. The molecule has 3 N–H and O–H groups in total. The highest BCUT2D eigenvalue weighted by atomic mass is 19.1. The summed E-state index contributed by atoms with van der Waals surface area (Å²) in [5, 5.41) is 26.7. The molecule has 0 aromatic heterocycles. The largest absolute Gasteiger partial charge is 0.508 e. The molecule has 0 aliphatic rings. The van der Waals surface area contributed by atoms with Crippen LogP contribution in [0.25, 0.3) is 0 Å². The Bertz CT molecular complexity index is 299. The molecule has 0 saturated heterocycles. The summed E-state index contributed by atoms with van der Waals surface area (Å²) < 4.78 is 12.6.